The number of hydrogen-bond donors (Lipinski definition) is 1. The van der Waals surface area contributed by atoms with E-state index in [2.05, 4.69) is 11.9 Å². The summed E-state index contributed by atoms with van der Waals surface area (Å²) >= 11 is 0. The quantitative estimate of drug-likeness (QED) is 0.638. The molecule has 0 spiro atoms. The fourth-order valence-electron chi connectivity index (χ4n) is 1.24. The number of nitrogens with one attached hydrogen (secondary N) is 1. The van der Waals surface area contributed by atoms with E-state index in [0.717, 1.165) is 0 Å². The van der Waals surface area contributed by atoms with Gasteiger partial charge in [-0.15, -0.1) is 6.58 Å². The minimum Gasteiger partial charge on any atom is -0.314 e. The van der Waals surface area contributed by atoms with Gasteiger partial charge in [0.2, 0.25) is 0 Å². The van der Waals surface area contributed by atoms with Gasteiger partial charge in [-0.1, -0.05) is 6.08 Å². The molecule has 0 aromatic rings. The first kappa shape index (κ1) is 13.5. The predicted molar refractivity (Wildman–Crippen MR) is 55.8 cm³/mol. The monoisotopic (exact) mass is 206 g/mol. The van der Waals surface area contributed by atoms with E-state index in [1.165, 1.54) is 7.05 Å². The maximum Gasteiger partial charge on any atom is 0.272 e. The Morgan fingerprint density at radius 1 is 1.50 bits per heavy atom. The Labute approximate surface area is 85.0 Å². The molecule has 0 aromatic carbocycles. The molecule has 84 valence electrons. The van der Waals surface area contributed by atoms with E-state index in [1.54, 1.807) is 11.0 Å². The second-order valence-electron chi connectivity index (χ2n) is 3.70. The highest BCUT2D eigenvalue weighted by molar-refractivity contribution is 4.81. The molecule has 0 saturated heterocycles. The second kappa shape index (κ2) is 6.09. The van der Waals surface area contributed by atoms with Crippen molar-refractivity contribution in [1.82, 2.24) is 10.2 Å². The summed E-state index contributed by atoms with van der Waals surface area (Å²) in [5.74, 6) is -2.68. The molecule has 0 atom stereocenters. The minimum absolute atomic E-state index is 0.107. The van der Waals surface area contributed by atoms with Crippen LogP contribution in [0.5, 0.6) is 0 Å². The average molecular weight is 206 g/mol. The van der Waals surface area contributed by atoms with Crippen LogP contribution in [0.1, 0.15) is 13.8 Å². The van der Waals surface area contributed by atoms with Gasteiger partial charge in [-0.3, -0.25) is 4.90 Å². The third kappa shape index (κ3) is 5.29. The number of rotatable bonds is 7. The third-order valence-electron chi connectivity index (χ3n) is 1.96. The third-order valence-corrected chi connectivity index (χ3v) is 1.96. The van der Waals surface area contributed by atoms with Crippen molar-refractivity contribution >= 4 is 0 Å². The molecule has 0 aliphatic rings. The van der Waals surface area contributed by atoms with Crippen molar-refractivity contribution in [2.24, 2.45) is 0 Å². The van der Waals surface area contributed by atoms with Gasteiger partial charge in [0.1, 0.15) is 0 Å². The number of alkyl halides is 2. The van der Waals surface area contributed by atoms with Crippen molar-refractivity contribution in [3.05, 3.63) is 12.7 Å². The molecule has 0 aromatic heterocycles. The first-order valence-corrected chi connectivity index (χ1v) is 4.80. The first-order valence-electron chi connectivity index (χ1n) is 4.80. The van der Waals surface area contributed by atoms with Crippen LogP contribution in [-0.4, -0.2) is 43.5 Å². The van der Waals surface area contributed by atoms with E-state index in [9.17, 15) is 8.78 Å². The van der Waals surface area contributed by atoms with Gasteiger partial charge in [0.25, 0.3) is 5.92 Å². The summed E-state index contributed by atoms with van der Waals surface area (Å²) in [6, 6.07) is 0.107. The Morgan fingerprint density at radius 2 is 2.07 bits per heavy atom. The summed E-state index contributed by atoms with van der Waals surface area (Å²) in [5.41, 5.74) is 0. The molecule has 4 heteroatoms. The molecule has 0 amide bonds. The summed E-state index contributed by atoms with van der Waals surface area (Å²) in [4.78, 5) is 1.70. The van der Waals surface area contributed by atoms with Crippen molar-refractivity contribution in [1.29, 1.82) is 0 Å². The summed E-state index contributed by atoms with van der Waals surface area (Å²) in [5, 5.41) is 2.49. The van der Waals surface area contributed by atoms with E-state index in [4.69, 9.17) is 0 Å². The van der Waals surface area contributed by atoms with Gasteiger partial charge in [0, 0.05) is 12.6 Å². The smallest absolute Gasteiger partial charge is 0.272 e. The highest BCUT2D eigenvalue weighted by atomic mass is 19.3. The maximum atomic E-state index is 13.2. The Balaban J connectivity index is 4.19. The molecule has 1 N–H and O–H groups in total. The Hall–Kier alpha value is -0.480. The van der Waals surface area contributed by atoms with Gasteiger partial charge in [0.15, 0.2) is 0 Å². The zero-order valence-corrected chi connectivity index (χ0v) is 9.19. The van der Waals surface area contributed by atoms with Crippen molar-refractivity contribution in [3.8, 4) is 0 Å². The summed E-state index contributed by atoms with van der Waals surface area (Å²) < 4.78 is 26.4. The van der Waals surface area contributed by atoms with Crippen LogP contribution < -0.4 is 5.32 Å². The van der Waals surface area contributed by atoms with E-state index in [1.807, 2.05) is 13.8 Å². The van der Waals surface area contributed by atoms with Crippen LogP contribution in [0.2, 0.25) is 0 Å². The van der Waals surface area contributed by atoms with Crippen LogP contribution >= 0.6 is 0 Å². The van der Waals surface area contributed by atoms with Crippen molar-refractivity contribution in [3.63, 3.8) is 0 Å². The van der Waals surface area contributed by atoms with E-state index in [0.29, 0.717) is 6.54 Å². The van der Waals surface area contributed by atoms with Gasteiger partial charge < -0.3 is 5.32 Å². The lowest BCUT2D eigenvalue weighted by molar-refractivity contribution is -0.0332. The molecule has 0 saturated carbocycles. The minimum atomic E-state index is -2.68. The summed E-state index contributed by atoms with van der Waals surface area (Å²) in [6.07, 6.45) is 1.65. The molecule has 2 nitrogen and oxygen atoms in total. The lowest BCUT2D eigenvalue weighted by Gasteiger charge is -2.29. The fraction of sp³-hybridized carbons (Fsp3) is 0.800. The first-order chi connectivity index (χ1) is 6.43. The van der Waals surface area contributed by atoms with Crippen LogP contribution in [0.15, 0.2) is 12.7 Å². The van der Waals surface area contributed by atoms with Gasteiger partial charge in [-0.05, 0) is 20.9 Å². The van der Waals surface area contributed by atoms with Crippen LogP contribution in [0, 0.1) is 0 Å². The molecule has 0 bridgehead atoms. The standard InChI is InChI=1S/C10H20F2N2/c1-5-6-14(9(2)3)8-10(11,12)7-13-4/h5,9,13H,1,6-8H2,2-4H3. The van der Waals surface area contributed by atoms with Crippen molar-refractivity contribution < 1.29 is 8.78 Å². The molecule has 0 aliphatic carbocycles. The lowest BCUT2D eigenvalue weighted by Crippen LogP contribution is -2.45. The molecular formula is C10H20F2N2. The largest absolute Gasteiger partial charge is 0.314 e. The second-order valence-corrected chi connectivity index (χ2v) is 3.70. The highest BCUT2D eigenvalue weighted by Gasteiger charge is 2.31. The van der Waals surface area contributed by atoms with E-state index < -0.39 is 5.92 Å². The zero-order chi connectivity index (χ0) is 11.2. The van der Waals surface area contributed by atoms with E-state index >= 15 is 0 Å². The van der Waals surface area contributed by atoms with Gasteiger partial charge >= 0.3 is 0 Å². The van der Waals surface area contributed by atoms with Crippen molar-refractivity contribution in [2.75, 3.05) is 26.7 Å². The summed E-state index contributed by atoms with van der Waals surface area (Å²) in [6.45, 7) is 7.35. The highest BCUT2D eigenvalue weighted by Crippen LogP contribution is 2.15. The van der Waals surface area contributed by atoms with Crippen LogP contribution in [0.3, 0.4) is 0 Å². The number of hydrogen-bond acceptors (Lipinski definition) is 2. The Bertz CT molecular complexity index is 170. The number of nitrogens with zero attached hydrogens (tertiary/aromatic N) is 1. The molecule has 0 unspecified atom stereocenters. The molecular weight excluding hydrogens is 186 g/mol. The fourth-order valence-corrected chi connectivity index (χ4v) is 1.24. The zero-order valence-electron chi connectivity index (χ0n) is 9.19. The van der Waals surface area contributed by atoms with Gasteiger partial charge in [-0.2, -0.15) is 0 Å². The topological polar surface area (TPSA) is 15.3 Å². The molecule has 0 aliphatic heterocycles. The van der Waals surface area contributed by atoms with Crippen LogP contribution in [0.25, 0.3) is 0 Å². The van der Waals surface area contributed by atoms with Crippen LogP contribution in [-0.2, 0) is 0 Å². The SMILES string of the molecule is C=CCN(CC(F)(F)CNC)C(C)C. The van der Waals surface area contributed by atoms with E-state index in [-0.39, 0.29) is 19.1 Å². The normalized spacial score (nSPS) is 12.5. The lowest BCUT2D eigenvalue weighted by atomic mass is 10.2. The van der Waals surface area contributed by atoms with Gasteiger partial charge in [-0.25, -0.2) is 8.78 Å². The molecule has 14 heavy (non-hydrogen) atoms. The van der Waals surface area contributed by atoms with Gasteiger partial charge in [0.05, 0.1) is 13.1 Å². The summed E-state index contributed by atoms with van der Waals surface area (Å²) in [7, 11) is 1.53. The Kier molecular flexibility index (Phi) is 5.88. The number of halogens is 2. The molecule has 0 rings (SSSR count). The Morgan fingerprint density at radius 3 is 2.43 bits per heavy atom. The van der Waals surface area contributed by atoms with Crippen molar-refractivity contribution in [2.45, 2.75) is 25.8 Å². The molecule has 0 heterocycles. The average Bonchev–Trinajstić information content (AvgIpc) is 2.02. The molecule has 0 fully saturated rings. The molecule has 0 radical (unpaired) electrons. The predicted octanol–water partition coefficient (Wildman–Crippen LogP) is 1.74. The van der Waals surface area contributed by atoms with Crippen LogP contribution in [0.4, 0.5) is 8.78 Å². The maximum absolute atomic E-state index is 13.2.